The van der Waals surface area contributed by atoms with E-state index in [1.807, 2.05) is 35.7 Å². The molecule has 13 heavy (non-hydrogen) atoms. The minimum atomic E-state index is 0.771. The van der Waals surface area contributed by atoms with Crippen LogP contribution in [0.15, 0.2) is 40.2 Å². The SMILES string of the molecule is Brc1ccc(Oc2[c]scc2)cc1. The number of hydrogen-bond acceptors (Lipinski definition) is 2. The average molecular weight is 254 g/mol. The largest absolute Gasteiger partial charge is 0.456 e. The maximum Gasteiger partial charge on any atom is 0.146 e. The van der Waals surface area contributed by atoms with Gasteiger partial charge >= 0.3 is 0 Å². The summed E-state index contributed by atoms with van der Waals surface area (Å²) >= 11 is 4.86. The maximum atomic E-state index is 5.51. The molecule has 1 aromatic carbocycles. The first kappa shape index (κ1) is 8.78. The van der Waals surface area contributed by atoms with Gasteiger partial charge in [-0.05, 0) is 35.7 Å². The van der Waals surface area contributed by atoms with Crippen molar-refractivity contribution in [3.05, 3.63) is 45.6 Å². The zero-order valence-corrected chi connectivity index (χ0v) is 9.06. The molecule has 0 atom stereocenters. The molecule has 0 aliphatic rings. The number of thiophene rings is 1. The standard InChI is InChI=1S/C10H6BrOS/c11-8-1-3-9(4-2-8)12-10-5-6-13-7-10/h1-6H. The molecule has 0 bridgehead atoms. The fourth-order valence-electron chi connectivity index (χ4n) is 0.906. The van der Waals surface area contributed by atoms with Crippen LogP contribution < -0.4 is 4.74 Å². The Morgan fingerprint density at radius 1 is 1.15 bits per heavy atom. The number of halogens is 1. The second-order valence-electron chi connectivity index (χ2n) is 2.44. The molecule has 1 nitrogen and oxygen atoms in total. The van der Waals surface area contributed by atoms with Crippen LogP contribution in [0.1, 0.15) is 0 Å². The monoisotopic (exact) mass is 253 g/mol. The summed E-state index contributed by atoms with van der Waals surface area (Å²) < 4.78 is 6.56. The highest BCUT2D eigenvalue weighted by atomic mass is 79.9. The molecule has 0 spiro atoms. The van der Waals surface area contributed by atoms with E-state index in [9.17, 15) is 0 Å². The van der Waals surface area contributed by atoms with Crippen molar-refractivity contribution in [3.8, 4) is 11.5 Å². The molecule has 1 aromatic heterocycles. The third kappa shape index (κ3) is 2.32. The van der Waals surface area contributed by atoms with Gasteiger partial charge in [0.15, 0.2) is 0 Å². The van der Waals surface area contributed by atoms with Crippen molar-refractivity contribution < 1.29 is 4.74 Å². The highest BCUT2D eigenvalue weighted by Crippen LogP contribution is 2.24. The summed E-state index contributed by atoms with van der Waals surface area (Å²) in [5.41, 5.74) is 0. The third-order valence-corrected chi connectivity index (χ3v) is 2.61. The molecular formula is C10H6BrOS. The van der Waals surface area contributed by atoms with Crippen LogP contribution in [0.3, 0.4) is 0 Å². The molecule has 1 radical (unpaired) electrons. The molecule has 0 amide bonds. The van der Waals surface area contributed by atoms with Crippen molar-refractivity contribution in [1.29, 1.82) is 0 Å². The second kappa shape index (κ2) is 3.94. The molecule has 0 saturated carbocycles. The Morgan fingerprint density at radius 2 is 1.92 bits per heavy atom. The summed E-state index contributed by atoms with van der Waals surface area (Å²) in [5.74, 6) is 1.60. The topological polar surface area (TPSA) is 9.23 Å². The lowest BCUT2D eigenvalue weighted by atomic mass is 10.3. The lowest BCUT2D eigenvalue weighted by molar-refractivity contribution is 0.484. The number of ether oxygens (including phenoxy) is 1. The van der Waals surface area contributed by atoms with Crippen LogP contribution in [-0.4, -0.2) is 0 Å². The number of hydrogen-bond donors (Lipinski definition) is 0. The zero-order valence-electron chi connectivity index (χ0n) is 6.66. The van der Waals surface area contributed by atoms with E-state index in [1.54, 1.807) is 0 Å². The molecule has 0 fully saturated rings. The zero-order chi connectivity index (χ0) is 9.10. The van der Waals surface area contributed by atoms with Gasteiger partial charge in [-0.3, -0.25) is 0 Å². The molecule has 65 valence electrons. The van der Waals surface area contributed by atoms with Gasteiger partial charge in [-0.2, -0.15) is 0 Å². The Hall–Kier alpha value is -0.800. The number of benzene rings is 1. The molecule has 0 aliphatic heterocycles. The molecule has 0 aliphatic carbocycles. The summed E-state index contributed by atoms with van der Waals surface area (Å²) in [4.78, 5) is 0. The van der Waals surface area contributed by atoms with Crippen LogP contribution in [0.2, 0.25) is 0 Å². The predicted molar refractivity (Wildman–Crippen MR) is 57.4 cm³/mol. The van der Waals surface area contributed by atoms with Gasteiger partial charge in [0.2, 0.25) is 0 Å². The van der Waals surface area contributed by atoms with Crippen molar-refractivity contribution in [1.82, 2.24) is 0 Å². The van der Waals surface area contributed by atoms with E-state index in [2.05, 4.69) is 21.3 Å². The van der Waals surface area contributed by atoms with Gasteiger partial charge in [-0.1, -0.05) is 15.9 Å². The fraction of sp³-hybridized carbons (Fsp3) is 0. The van der Waals surface area contributed by atoms with Gasteiger partial charge in [0.05, 0.1) is 5.38 Å². The van der Waals surface area contributed by atoms with Crippen LogP contribution in [-0.2, 0) is 0 Å². The second-order valence-corrected chi connectivity index (χ2v) is 4.07. The van der Waals surface area contributed by atoms with Crippen LogP contribution in [0.4, 0.5) is 0 Å². The van der Waals surface area contributed by atoms with Gasteiger partial charge in [0.25, 0.3) is 0 Å². The lowest BCUT2D eigenvalue weighted by Gasteiger charge is -2.01. The Kier molecular flexibility index (Phi) is 2.66. The number of rotatable bonds is 2. The van der Waals surface area contributed by atoms with E-state index in [0.717, 1.165) is 16.0 Å². The minimum Gasteiger partial charge on any atom is -0.456 e. The van der Waals surface area contributed by atoms with Gasteiger partial charge < -0.3 is 4.74 Å². The van der Waals surface area contributed by atoms with Crippen molar-refractivity contribution >= 4 is 27.3 Å². The van der Waals surface area contributed by atoms with E-state index in [4.69, 9.17) is 4.74 Å². The van der Waals surface area contributed by atoms with E-state index >= 15 is 0 Å². The molecular weight excluding hydrogens is 248 g/mol. The summed E-state index contributed by atoms with van der Waals surface area (Å²) in [7, 11) is 0. The summed E-state index contributed by atoms with van der Waals surface area (Å²) in [6, 6.07) is 9.61. The first-order chi connectivity index (χ1) is 6.34. The quantitative estimate of drug-likeness (QED) is 0.783. The first-order valence-electron chi connectivity index (χ1n) is 3.73. The molecule has 2 rings (SSSR count). The van der Waals surface area contributed by atoms with Crippen molar-refractivity contribution in [3.63, 3.8) is 0 Å². The average Bonchev–Trinajstić information content (AvgIpc) is 2.62. The van der Waals surface area contributed by atoms with Crippen molar-refractivity contribution in [2.75, 3.05) is 0 Å². The minimum absolute atomic E-state index is 0.771. The Morgan fingerprint density at radius 3 is 2.54 bits per heavy atom. The van der Waals surface area contributed by atoms with E-state index in [0.29, 0.717) is 0 Å². The maximum absolute atomic E-state index is 5.51. The summed E-state index contributed by atoms with van der Waals surface area (Å²) in [6.45, 7) is 0. The Balaban J connectivity index is 2.15. The van der Waals surface area contributed by atoms with E-state index in [1.165, 1.54) is 11.3 Å². The Labute approximate surface area is 89.1 Å². The smallest absolute Gasteiger partial charge is 0.146 e. The molecule has 1 heterocycles. The van der Waals surface area contributed by atoms with Crippen LogP contribution in [0.25, 0.3) is 0 Å². The van der Waals surface area contributed by atoms with Crippen LogP contribution in [0.5, 0.6) is 11.5 Å². The summed E-state index contributed by atoms with van der Waals surface area (Å²) in [5, 5.41) is 4.95. The Bertz CT molecular complexity index is 366. The molecule has 3 heteroatoms. The van der Waals surface area contributed by atoms with Crippen molar-refractivity contribution in [2.24, 2.45) is 0 Å². The normalized spacial score (nSPS) is 9.92. The molecule has 2 aromatic rings. The highest BCUT2D eigenvalue weighted by molar-refractivity contribution is 9.10. The molecule has 0 unspecified atom stereocenters. The van der Waals surface area contributed by atoms with E-state index in [-0.39, 0.29) is 0 Å². The predicted octanol–water partition coefficient (Wildman–Crippen LogP) is 4.10. The highest BCUT2D eigenvalue weighted by Gasteiger charge is 1.96. The third-order valence-electron chi connectivity index (χ3n) is 1.49. The van der Waals surface area contributed by atoms with Gasteiger partial charge in [-0.15, -0.1) is 11.3 Å². The van der Waals surface area contributed by atoms with E-state index < -0.39 is 0 Å². The first-order valence-corrected chi connectivity index (χ1v) is 5.40. The molecule has 0 saturated heterocycles. The fourth-order valence-corrected chi connectivity index (χ4v) is 1.66. The lowest BCUT2D eigenvalue weighted by Crippen LogP contribution is -1.80. The van der Waals surface area contributed by atoms with Crippen LogP contribution in [0, 0.1) is 5.38 Å². The summed E-state index contributed by atoms with van der Waals surface area (Å²) in [6.07, 6.45) is 0. The van der Waals surface area contributed by atoms with Crippen molar-refractivity contribution in [2.45, 2.75) is 0 Å². The van der Waals surface area contributed by atoms with Crippen LogP contribution >= 0.6 is 27.3 Å². The molecule has 0 N–H and O–H groups in total. The van der Waals surface area contributed by atoms with Gasteiger partial charge in [0, 0.05) is 4.47 Å². The van der Waals surface area contributed by atoms with Gasteiger partial charge in [0.1, 0.15) is 11.5 Å². The van der Waals surface area contributed by atoms with Gasteiger partial charge in [-0.25, -0.2) is 0 Å².